The topological polar surface area (TPSA) is 93.9 Å². The third kappa shape index (κ3) is 5.01. The molecule has 0 unspecified atom stereocenters. The third-order valence-corrected chi connectivity index (χ3v) is 5.07. The summed E-state index contributed by atoms with van der Waals surface area (Å²) in [5.74, 6) is -1.25. The van der Waals surface area contributed by atoms with E-state index in [-0.39, 0.29) is 18.4 Å². The van der Waals surface area contributed by atoms with E-state index in [1.807, 2.05) is 6.07 Å². The van der Waals surface area contributed by atoms with Gasteiger partial charge in [-0.1, -0.05) is 6.07 Å². The van der Waals surface area contributed by atoms with Crippen LogP contribution in [-0.2, 0) is 6.42 Å². The van der Waals surface area contributed by atoms with Crippen LogP contribution >= 0.6 is 0 Å². The number of aromatic nitrogens is 2. The summed E-state index contributed by atoms with van der Waals surface area (Å²) < 4.78 is 27.0. The quantitative estimate of drug-likeness (QED) is 0.481. The van der Waals surface area contributed by atoms with Gasteiger partial charge in [0.15, 0.2) is 0 Å². The minimum absolute atomic E-state index is 0.153. The van der Waals surface area contributed by atoms with E-state index in [0.29, 0.717) is 33.9 Å². The minimum Gasteiger partial charge on any atom is -0.310 e. The number of nitrogens with one attached hydrogen (secondary N) is 2. The first-order valence-corrected chi connectivity index (χ1v) is 9.89. The Morgan fingerprint density at radius 1 is 1.19 bits per heavy atom. The molecule has 2 N–H and O–H groups in total. The Kier molecular flexibility index (Phi) is 5.85. The maximum absolute atomic E-state index is 13.5. The molecule has 31 heavy (non-hydrogen) atoms. The lowest BCUT2D eigenvalue weighted by atomic mass is 9.94. The number of benzene rings is 2. The fourth-order valence-electron chi connectivity index (χ4n) is 3.27. The highest BCUT2D eigenvalue weighted by atomic mass is 19.1. The summed E-state index contributed by atoms with van der Waals surface area (Å²) in [5, 5.41) is 18.9. The average Bonchev–Trinajstić information content (AvgIpc) is 3.18. The first-order valence-electron chi connectivity index (χ1n) is 9.89. The second-order valence-corrected chi connectivity index (χ2v) is 7.42. The molecule has 1 aromatic heterocycles. The zero-order chi connectivity index (χ0) is 21.8. The highest BCUT2D eigenvalue weighted by Gasteiger charge is 2.19. The zero-order valence-electron chi connectivity index (χ0n) is 16.5. The second kappa shape index (κ2) is 8.88. The standard InChI is InChI=1S/C23H19F2N5O/c24-17-8-16(9-18(25)10-17)21-11-20(29-30-21)12-22(27-19-5-2-6-19)28-23(31)15-4-1-3-14(7-15)13-26/h1,3-4,7-11,19H,2,5-6,12H2,(H,29,30)(H,27,28,31). The summed E-state index contributed by atoms with van der Waals surface area (Å²) in [5.41, 5.74) is 2.11. The third-order valence-electron chi connectivity index (χ3n) is 5.07. The van der Waals surface area contributed by atoms with Gasteiger partial charge in [-0.2, -0.15) is 10.4 Å². The van der Waals surface area contributed by atoms with Gasteiger partial charge in [-0.25, -0.2) is 8.78 Å². The van der Waals surface area contributed by atoms with E-state index in [4.69, 9.17) is 5.26 Å². The molecule has 0 spiro atoms. The Labute approximate surface area is 177 Å². The highest BCUT2D eigenvalue weighted by molar-refractivity contribution is 6.07. The van der Waals surface area contributed by atoms with E-state index >= 15 is 0 Å². The molecule has 0 aliphatic heterocycles. The van der Waals surface area contributed by atoms with Crippen molar-refractivity contribution < 1.29 is 13.6 Å². The summed E-state index contributed by atoms with van der Waals surface area (Å²) in [4.78, 5) is 17.3. The molecule has 1 fully saturated rings. The van der Waals surface area contributed by atoms with Gasteiger partial charge in [-0.15, -0.1) is 0 Å². The van der Waals surface area contributed by atoms with Crippen LogP contribution in [0.25, 0.3) is 11.3 Å². The summed E-state index contributed by atoms with van der Waals surface area (Å²) in [7, 11) is 0. The van der Waals surface area contributed by atoms with Crippen LogP contribution in [0.2, 0.25) is 0 Å². The number of aromatic amines is 1. The first-order chi connectivity index (χ1) is 15.0. The predicted octanol–water partition coefficient (Wildman–Crippen LogP) is 4.15. The maximum atomic E-state index is 13.5. The molecule has 156 valence electrons. The van der Waals surface area contributed by atoms with Crippen molar-refractivity contribution in [3.8, 4) is 17.3 Å². The van der Waals surface area contributed by atoms with Crippen molar-refractivity contribution in [1.29, 1.82) is 5.26 Å². The molecule has 1 heterocycles. The van der Waals surface area contributed by atoms with E-state index in [9.17, 15) is 13.6 Å². The number of aliphatic imine (C=N–C) groups is 1. The van der Waals surface area contributed by atoms with Gasteiger partial charge in [0, 0.05) is 29.3 Å². The normalized spacial score (nSPS) is 14.0. The Balaban J connectivity index is 1.54. The Morgan fingerprint density at radius 2 is 1.97 bits per heavy atom. The van der Waals surface area contributed by atoms with Gasteiger partial charge in [0.1, 0.15) is 17.5 Å². The number of hydrogen-bond donors (Lipinski definition) is 2. The van der Waals surface area contributed by atoms with Crippen molar-refractivity contribution in [2.75, 3.05) is 0 Å². The Bertz CT molecular complexity index is 1170. The van der Waals surface area contributed by atoms with Crippen LogP contribution in [0.4, 0.5) is 8.78 Å². The van der Waals surface area contributed by atoms with Gasteiger partial charge in [0.2, 0.25) is 0 Å². The smallest absolute Gasteiger partial charge is 0.256 e. The van der Waals surface area contributed by atoms with Crippen LogP contribution in [0.1, 0.15) is 40.9 Å². The van der Waals surface area contributed by atoms with Crippen LogP contribution in [0.15, 0.2) is 53.5 Å². The number of nitrogens with zero attached hydrogens (tertiary/aromatic N) is 3. The SMILES string of the molecule is N#Cc1cccc(C(=O)NC(Cc2cc(-c3cc(F)cc(F)c3)n[nH]2)=NC2CCC2)c1. The van der Waals surface area contributed by atoms with Crippen molar-refractivity contribution in [2.24, 2.45) is 4.99 Å². The molecule has 3 aromatic rings. The van der Waals surface area contributed by atoms with Crippen molar-refractivity contribution in [2.45, 2.75) is 31.7 Å². The summed E-state index contributed by atoms with van der Waals surface area (Å²) >= 11 is 0. The summed E-state index contributed by atoms with van der Waals surface area (Å²) in [6.07, 6.45) is 3.28. The number of halogens is 2. The van der Waals surface area contributed by atoms with E-state index in [1.165, 1.54) is 18.2 Å². The number of carbonyl (C=O) groups excluding carboxylic acids is 1. The van der Waals surface area contributed by atoms with Crippen LogP contribution in [-0.4, -0.2) is 28.0 Å². The molecule has 1 amide bonds. The monoisotopic (exact) mass is 419 g/mol. The molecule has 8 heteroatoms. The lowest BCUT2D eigenvalue weighted by molar-refractivity contribution is 0.0976. The van der Waals surface area contributed by atoms with Crippen LogP contribution in [0.3, 0.4) is 0 Å². The van der Waals surface area contributed by atoms with Crippen LogP contribution in [0, 0.1) is 23.0 Å². The summed E-state index contributed by atoms with van der Waals surface area (Å²) in [6, 6.07) is 13.5. The maximum Gasteiger partial charge on any atom is 0.256 e. The van der Waals surface area contributed by atoms with E-state index < -0.39 is 11.6 Å². The minimum atomic E-state index is -0.682. The lowest BCUT2D eigenvalue weighted by Gasteiger charge is -2.22. The van der Waals surface area contributed by atoms with Gasteiger partial charge in [-0.05, 0) is 55.7 Å². The molecule has 4 rings (SSSR count). The highest BCUT2D eigenvalue weighted by Crippen LogP contribution is 2.23. The number of H-pyrrole nitrogens is 1. The van der Waals surface area contributed by atoms with Crippen molar-refractivity contribution in [1.82, 2.24) is 15.5 Å². The Morgan fingerprint density at radius 3 is 2.65 bits per heavy atom. The largest absolute Gasteiger partial charge is 0.310 e. The van der Waals surface area contributed by atoms with Gasteiger partial charge in [-0.3, -0.25) is 14.9 Å². The molecule has 0 radical (unpaired) electrons. The summed E-state index contributed by atoms with van der Waals surface area (Å²) in [6.45, 7) is 0. The second-order valence-electron chi connectivity index (χ2n) is 7.42. The van der Waals surface area contributed by atoms with Crippen molar-refractivity contribution in [3.63, 3.8) is 0 Å². The molecule has 0 atom stereocenters. The average molecular weight is 419 g/mol. The number of nitriles is 1. The van der Waals surface area contributed by atoms with E-state index in [0.717, 1.165) is 25.3 Å². The van der Waals surface area contributed by atoms with Crippen LogP contribution in [0.5, 0.6) is 0 Å². The van der Waals surface area contributed by atoms with Gasteiger partial charge >= 0.3 is 0 Å². The van der Waals surface area contributed by atoms with Crippen molar-refractivity contribution in [3.05, 3.63) is 77.0 Å². The van der Waals surface area contributed by atoms with Gasteiger partial charge < -0.3 is 5.32 Å². The molecular weight excluding hydrogens is 400 g/mol. The number of amides is 1. The number of amidine groups is 1. The molecule has 1 saturated carbocycles. The fourth-order valence-corrected chi connectivity index (χ4v) is 3.27. The molecule has 1 aliphatic carbocycles. The first kappa shape index (κ1) is 20.4. The van der Waals surface area contributed by atoms with Crippen LogP contribution < -0.4 is 5.32 Å². The molecule has 6 nitrogen and oxygen atoms in total. The fraction of sp³-hybridized carbons (Fsp3) is 0.217. The number of rotatable bonds is 5. The van der Waals surface area contributed by atoms with E-state index in [1.54, 1.807) is 24.3 Å². The molecule has 2 aromatic carbocycles. The Hall–Kier alpha value is -3.86. The predicted molar refractivity (Wildman–Crippen MR) is 111 cm³/mol. The van der Waals surface area contributed by atoms with E-state index in [2.05, 4.69) is 20.5 Å². The van der Waals surface area contributed by atoms with Gasteiger partial charge in [0.25, 0.3) is 5.91 Å². The lowest BCUT2D eigenvalue weighted by Crippen LogP contribution is -2.34. The number of hydrogen-bond acceptors (Lipinski definition) is 4. The molecule has 0 bridgehead atoms. The zero-order valence-corrected chi connectivity index (χ0v) is 16.5. The van der Waals surface area contributed by atoms with Crippen molar-refractivity contribution >= 4 is 11.7 Å². The van der Waals surface area contributed by atoms with Gasteiger partial charge in [0.05, 0.1) is 23.4 Å². The molecular formula is C23H19F2N5O. The molecule has 1 aliphatic rings. The molecule has 0 saturated heterocycles. The number of carbonyl (C=O) groups is 1.